The van der Waals surface area contributed by atoms with Crippen molar-refractivity contribution < 1.29 is 0 Å². The molecular weight excluding hydrogens is 208 g/mol. The topological polar surface area (TPSA) is 84.7 Å². The second-order valence-corrected chi connectivity index (χ2v) is 2.90. The first-order chi connectivity index (χ1) is 7.81. The van der Waals surface area contributed by atoms with Gasteiger partial charge in [-0.3, -0.25) is 5.43 Å². The Balaban J connectivity index is 2.41. The van der Waals surface area contributed by atoms with Crippen LogP contribution in [-0.4, -0.2) is 26.6 Å². The van der Waals surface area contributed by atoms with Crippen molar-refractivity contribution in [3.05, 3.63) is 41.2 Å². The Morgan fingerprint density at radius 1 is 1.31 bits per heavy atom. The molecule has 2 rings (SSSR count). The van der Waals surface area contributed by atoms with Gasteiger partial charge in [0.1, 0.15) is 12.1 Å². The Morgan fingerprint density at radius 2 is 2.19 bits per heavy atom. The molecule has 0 aliphatic rings. The van der Waals surface area contributed by atoms with Gasteiger partial charge in [0, 0.05) is 13.2 Å². The first-order valence-corrected chi connectivity index (χ1v) is 4.61. The summed E-state index contributed by atoms with van der Waals surface area (Å²) >= 11 is 0. The number of hydrogen-bond donors (Lipinski definition) is 2. The van der Waals surface area contributed by atoms with Gasteiger partial charge in [0.15, 0.2) is 0 Å². The second kappa shape index (κ2) is 4.49. The molecule has 0 aromatic carbocycles. The van der Waals surface area contributed by atoms with Gasteiger partial charge in [-0.1, -0.05) is 6.07 Å². The average Bonchev–Trinajstić information content (AvgIpc) is 2.31. The summed E-state index contributed by atoms with van der Waals surface area (Å²) < 4.78 is 1.26. The van der Waals surface area contributed by atoms with E-state index in [0.29, 0.717) is 5.82 Å². The van der Waals surface area contributed by atoms with E-state index in [-0.39, 0.29) is 5.95 Å². The lowest BCUT2D eigenvalue weighted by Crippen LogP contribution is -2.26. The summed E-state index contributed by atoms with van der Waals surface area (Å²) in [5.74, 6) is 0.711. The first kappa shape index (κ1) is 10.2. The monoisotopic (exact) mass is 218 g/mol. The molecule has 0 spiro atoms. The van der Waals surface area contributed by atoms with Gasteiger partial charge in [0.25, 0.3) is 0 Å². The fourth-order valence-electron chi connectivity index (χ4n) is 1.16. The van der Waals surface area contributed by atoms with Crippen molar-refractivity contribution in [2.24, 2.45) is 0 Å². The Kier molecular flexibility index (Phi) is 2.88. The molecule has 2 aromatic rings. The van der Waals surface area contributed by atoms with E-state index in [4.69, 9.17) is 0 Å². The van der Waals surface area contributed by atoms with E-state index >= 15 is 0 Å². The summed E-state index contributed by atoms with van der Waals surface area (Å²) in [6, 6.07) is 5.26. The van der Waals surface area contributed by atoms with E-state index in [2.05, 4.69) is 25.8 Å². The third-order valence-electron chi connectivity index (χ3n) is 1.84. The van der Waals surface area contributed by atoms with Gasteiger partial charge in [-0.2, -0.15) is 4.98 Å². The Labute approximate surface area is 91.2 Å². The summed E-state index contributed by atoms with van der Waals surface area (Å²) in [6.45, 7) is 0. The van der Waals surface area contributed by atoms with Crippen molar-refractivity contribution in [3.63, 3.8) is 0 Å². The van der Waals surface area contributed by atoms with Crippen LogP contribution in [0.15, 0.2) is 35.5 Å². The molecule has 0 unspecified atom stereocenters. The molecule has 0 aliphatic carbocycles. The number of hydrogen-bond acceptors (Lipinski definition) is 6. The molecule has 7 nitrogen and oxygen atoms in total. The third-order valence-corrected chi connectivity index (χ3v) is 1.84. The maximum Gasteiger partial charge on any atom is 0.357 e. The molecule has 2 N–H and O–H groups in total. The Hall–Kier alpha value is -2.28. The minimum Gasteiger partial charge on any atom is -0.290 e. The summed E-state index contributed by atoms with van der Waals surface area (Å²) in [6.07, 6.45) is 2.97. The van der Waals surface area contributed by atoms with E-state index in [1.54, 1.807) is 31.4 Å². The van der Waals surface area contributed by atoms with Crippen LogP contribution in [0.3, 0.4) is 0 Å². The number of aromatic nitrogens is 4. The molecule has 0 amide bonds. The van der Waals surface area contributed by atoms with Crippen molar-refractivity contribution in [1.29, 1.82) is 0 Å². The lowest BCUT2D eigenvalue weighted by atomic mass is 10.5. The van der Waals surface area contributed by atoms with E-state index in [1.165, 1.54) is 10.9 Å². The van der Waals surface area contributed by atoms with Gasteiger partial charge >= 0.3 is 5.69 Å². The number of anilines is 1. The zero-order valence-corrected chi connectivity index (χ0v) is 8.58. The SMILES string of the molecule is CNNc1ncn(-c2ccccn2)c(=O)n1. The van der Waals surface area contributed by atoms with Crippen molar-refractivity contribution in [3.8, 4) is 5.82 Å². The van der Waals surface area contributed by atoms with Crippen LogP contribution in [-0.2, 0) is 0 Å². The molecule has 82 valence electrons. The predicted octanol–water partition coefficient (Wildman–Crippen LogP) is -0.431. The summed E-state index contributed by atoms with van der Waals surface area (Å²) in [7, 11) is 1.66. The normalized spacial score (nSPS) is 10.1. The van der Waals surface area contributed by atoms with Gasteiger partial charge in [-0.05, 0) is 12.1 Å². The van der Waals surface area contributed by atoms with Crippen LogP contribution in [0.2, 0.25) is 0 Å². The van der Waals surface area contributed by atoms with Crippen LogP contribution in [0.1, 0.15) is 0 Å². The summed E-state index contributed by atoms with van der Waals surface area (Å²) in [5, 5.41) is 0. The number of pyridine rings is 1. The maximum atomic E-state index is 11.6. The lowest BCUT2D eigenvalue weighted by Gasteiger charge is -2.04. The molecular formula is C9H10N6O. The van der Waals surface area contributed by atoms with Crippen LogP contribution in [0, 0.1) is 0 Å². The number of nitrogens with zero attached hydrogens (tertiary/aromatic N) is 4. The van der Waals surface area contributed by atoms with E-state index < -0.39 is 5.69 Å². The quantitative estimate of drug-likeness (QED) is 0.680. The molecule has 2 heterocycles. The maximum absolute atomic E-state index is 11.6. The highest BCUT2D eigenvalue weighted by molar-refractivity contribution is 5.24. The van der Waals surface area contributed by atoms with Gasteiger partial charge < -0.3 is 0 Å². The van der Waals surface area contributed by atoms with Crippen molar-refractivity contribution in [1.82, 2.24) is 24.9 Å². The van der Waals surface area contributed by atoms with Gasteiger partial charge in [-0.25, -0.2) is 24.8 Å². The molecule has 2 aromatic heterocycles. The minimum absolute atomic E-state index is 0.222. The van der Waals surface area contributed by atoms with Crippen LogP contribution in [0.25, 0.3) is 5.82 Å². The lowest BCUT2D eigenvalue weighted by molar-refractivity contribution is 0.819. The fourth-order valence-corrected chi connectivity index (χ4v) is 1.16. The number of rotatable bonds is 3. The average molecular weight is 218 g/mol. The van der Waals surface area contributed by atoms with E-state index in [1.807, 2.05) is 0 Å². The first-order valence-electron chi connectivity index (χ1n) is 4.61. The van der Waals surface area contributed by atoms with Crippen LogP contribution in [0.4, 0.5) is 5.95 Å². The van der Waals surface area contributed by atoms with Gasteiger partial charge in [-0.15, -0.1) is 0 Å². The number of hydrazine groups is 1. The summed E-state index contributed by atoms with van der Waals surface area (Å²) in [4.78, 5) is 23.3. The van der Waals surface area contributed by atoms with Gasteiger partial charge in [0.05, 0.1) is 0 Å². The van der Waals surface area contributed by atoms with Crippen molar-refractivity contribution in [2.75, 3.05) is 12.5 Å². The predicted molar refractivity (Wildman–Crippen MR) is 58.1 cm³/mol. The van der Waals surface area contributed by atoms with Crippen LogP contribution in [0.5, 0.6) is 0 Å². The van der Waals surface area contributed by atoms with E-state index in [9.17, 15) is 4.79 Å². The zero-order valence-electron chi connectivity index (χ0n) is 8.58. The molecule has 0 fully saturated rings. The van der Waals surface area contributed by atoms with Crippen LogP contribution < -0.4 is 16.5 Å². The standard InChI is InChI=1S/C9H10N6O/c1-10-14-8-12-6-15(9(16)13-8)7-4-2-3-5-11-7/h2-6,10H,1H3,(H,13,14,16). The minimum atomic E-state index is -0.438. The molecule has 0 saturated carbocycles. The second-order valence-electron chi connectivity index (χ2n) is 2.90. The Morgan fingerprint density at radius 3 is 2.81 bits per heavy atom. The molecule has 0 aliphatic heterocycles. The fraction of sp³-hybridized carbons (Fsp3) is 0.111. The molecule has 0 saturated heterocycles. The zero-order chi connectivity index (χ0) is 11.4. The van der Waals surface area contributed by atoms with Crippen LogP contribution >= 0.6 is 0 Å². The van der Waals surface area contributed by atoms with Crippen molar-refractivity contribution in [2.45, 2.75) is 0 Å². The highest BCUT2D eigenvalue weighted by Crippen LogP contribution is 1.98. The van der Waals surface area contributed by atoms with Gasteiger partial charge in [0.2, 0.25) is 5.95 Å². The molecule has 16 heavy (non-hydrogen) atoms. The van der Waals surface area contributed by atoms with E-state index in [0.717, 1.165) is 0 Å². The van der Waals surface area contributed by atoms with Crippen molar-refractivity contribution >= 4 is 5.95 Å². The molecule has 0 radical (unpaired) electrons. The largest absolute Gasteiger partial charge is 0.357 e. The molecule has 0 atom stereocenters. The Bertz CT molecular complexity index is 523. The highest BCUT2D eigenvalue weighted by atomic mass is 16.1. The number of nitrogens with one attached hydrogen (secondary N) is 2. The molecule has 7 heteroatoms. The smallest absolute Gasteiger partial charge is 0.290 e. The molecule has 0 bridgehead atoms. The third kappa shape index (κ3) is 2.04. The highest BCUT2D eigenvalue weighted by Gasteiger charge is 2.03. The summed E-state index contributed by atoms with van der Waals surface area (Å²) in [5.41, 5.74) is 4.81.